The molecule has 2 aromatic heterocycles. The van der Waals surface area contributed by atoms with Crippen LogP contribution in [0.5, 0.6) is 0 Å². The summed E-state index contributed by atoms with van der Waals surface area (Å²) in [7, 11) is 1.24. The first-order valence-corrected chi connectivity index (χ1v) is 8.69. The van der Waals surface area contributed by atoms with Crippen molar-refractivity contribution in [2.45, 2.75) is 12.6 Å². The van der Waals surface area contributed by atoms with E-state index in [1.165, 1.54) is 25.2 Å². The zero-order chi connectivity index (χ0) is 20.6. The summed E-state index contributed by atoms with van der Waals surface area (Å²) in [6.45, 7) is 0. The molecule has 0 fully saturated rings. The van der Waals surface area contributed by atoms with Gasteiger partial charge in [-0.05, 0) is 17.7 Å². The molecule has 0 bridgehead atoms. The van der Waals surface area contributed by atoms with Crippen LogP contribution < -0.4 is 5.32 Å². The average Bonchev–Trinajstić information content (AvgIpc) is 3.01. The summed E-state index contributed by atoms with van der Waals surface area (Å²) in [6.07, 6.45) is -4.34. The van der Waals surface area contributed by atoms with Crippen molar-refractivity contribution in [3.8, 4) is 0 Å². The Hall–Kier alpha value is -3.49. The Morgan fingerprint density at radius 3 is 2.31 bits per heavy atom. The Labute approximate surface area is 163 Å². The number of benzene rings is 2. The molecule has 2 heterocycles. The zero-order valence-electron chi connectivity index (χ0n) is 15.2. The first kappa shape index (κ1) is 18.9. The van der Waals surface area contributed by atoms with Crippen molar-refractivity contribution in [2.75, 3.05) is 5.32 Å². The van der Waals surface area contributed by atoms with Crippen LogP contribution in [0, 0.1) is 5.82 Å². The quantitative estimate of drug-likeness (QED) is 0.497. The number of aryl methyl sites for hydroxylation is 1. The van der Waals surface area contributed by atoms with E-state index in [-0.39, 0.29) is 22.8 Å². The Morgan fingerprint density at radius 2 is 1.62 bits per heavy atom. The number of para-hydroxylation sites is 1. The molecule has 0 amide bonds. The maximum atomic E-state index is 14.1. The monoisotopic (exact) mass is 401 g/mol. The van der Waals surface area contributed by atoms with Gasteiger partial charge in [0, 0.05) is 13.5 Å². The summed E-state index contributed by atoms with van der Waals surface area (Å²) in [6, 6.07) is 15.2. The van der Waals surface area contributed by atoms with E-state index >= 15 is 0 Å². The van der Waals surface area contributed by atoms with Gasteiger partial charge in [0.2, 0.25) is 5.82 Å². The third-order valence-corrected chi connectivity index (χ3v) is 4.37. The van der Waals surface area contributed by atoms with E-state index < -0.39 is 17.8 Å². The molecule has 4 rings (SSSR count). The Bertz CT molecular complexity index is 1170. The summed E-state index contributed by atoms with van der Waals surface area (Å²) < 4.78 is 54.6. The highest BCUT2D eigenvalue weighted by atomic mass is 19.4. The molecule has 0 aliphatic rings. The molecule has 0 spiro atoms. The molecule has 0 atom stereocenters. The molecule has 0 saturated carbocycles. The molecule has 0 aliphatic carbocycles. The van der Waals surface area contributed by atoms with Gasteiger partial charge in [-0.3, -0.25) is 0 Å². The third-order valence-electron chi connectivity index (χ3n) is 4.37. The fraction of sp³-hybridized carbons (Fsp3) is 0.150. The topological polar surface area (TPSA) is 55.6 Å². The minimum absolute atomic E-state index is 0.00217. The summed E-state index contributed by atoms with van der Waals surface area (Å²) in [5.74, 6) is -1.46. The smallest absolute Gasteiger partial charge is 0.336 e. The molecule has 148 valence electrons. The highest BCUT2D eigenvalue weighted by Gasteiger charge is 2.37. The molecule has 1 N–H and O–H groups in total. The van der Waals surface area contributed by atoms with E-state index in [9.17, 15) is 17.6 Å². The van der Waals surface area contributed by atoms with Gasteiger partial charge in [-0.1, -0.05) is 42.5 Å². The maximum absolute atomic E-state index is 14.1. The molecule has 0 aliphatic heterocycles. The number of rotatable bonds is 4. The largest absolute Gasteiger partial charge is 0.449 e. The van der Waals surface area contributed by atoms with Crippen molar-refractivity contribution in [3.05, 3.63) is 77.5 Å². The van der Waals surface area contributed by atoms with Crippen molar-refractivity contribution in [1.82, 2.24) is 19.5 Å². The van der Waals surface area contributed by atoms with Gasteiger partial charge in [0.1, 0.15) is 5.82 Å². The van der Waals surface area contributed by atoms with Crippen molar-refractivity contribution in [3.63, 3.8) is 0 Å². The summed E-state index contributed by atoms with van der Waals surface area (Å²) >= 11 is 0. The number of nitrogens with zero attached hydrogens (tertiary/aromatic N) is 4. The fourth-order valence-electron chi connectivity index (χ4n) is 2.98. The van der Waals surface area contributed by atoms with Crippen molar-refractivity contribution in [1.29, 1.82) is 0 Å². The molecule has 0 unspecified atom stereocenters. The number of nitrogens with one attached hydrogen (secondary N) is 1. The van der Waals surface area contributed by atoms with Crippen molar-refractivity contribution >= 4 is 22.8 Å². The van der Waals surface area contributed by atoms with Gasteiger partial charge in [0.25, 0.3) is 0 Å². The molecular formula is C20H15F4N5. The van der Waals surface area contributed by atoms with Gasteiger partial charge < -0.3 is 9.88 Å². The highest BCUT2D eigenvalue weighted by Crippen LogP contribution is 2.31. The first-order valence-electron chi connectivity index (χ1n) is 8.69. The standard InChI is InChI=1S/C20H15F4N5/c1-29-18-17(28-19(29)20(22,23)24)27-16(25-14-10-6-5-9-13(14)21)15(26-18)11-12-7-3-2-4-8-12/h2-10H,11H2,1H3,(H,25,27). The second-order valence-corrected chi connectivity index (χ2v) is 6.43. The lowest BCUT2D eigenvalue weighted by molar-refractivity contribution is -0.146. The second kappa shape index (κ2) is 7.16. The first-order chi connectivity index (χ1) is 13.8. The molecule has 2 aromatic carbocycles. The van der Waals surface area contributed by atoms with E-state index in [2.05, 4.69) is 20.3 Å². The lowest BCUT2D eigenvalue weighted by Gasteiger charge is -2.12. The fourth-order valence-corrected chi connectivity index (χ4v) is 2.98. The van der Waals surface area contributed by atoms with Crippen LogP contribution in [-0.4, -0.2) is 19.5 Å². The number of imidazole rings is 1. The van der Waals surface area contributed by atoms with Gasteiger partial charge in [0.05, 0.1) is 11.4 Å². The van der Waals surface area contributed by atoms with Crippen molar-refractivity contribution in [2.24, 2.45) is 7.05 Å². The predicted octanol–water partition coefficient (Wildman–Crippen LogP) is 4.86. The van der Waals surface area contributed by atoms with E-state index in [4.69, 9.17) is 0 Å². The molecule has 0 saturated heterocycles. The number of fused-ring (bicyclic) bond motifs is 1. The number of alkyl halides is 3. The van der Waals surface area contributed by atoms with Crippen LogP contribution in [0.4, 0.5) is 29.1 Å². The maximum Gasteiger partial charge on any atom is 0.449 e. The number of halogens is 4. The van der Waals surface area contributed by atoms with Gasteiger partial charge in [0.15, 0.2) is 17.1 Å². The van der Waals surface area contributed by atoms with Crippen LogP contribution in [0.2, 0.25) is 0 Å². The third kappa shape index (κ3) is 3.75. The molecule has 4 aromatic rings. The lowest BCUT2D eigenvalue weighted by Crippen LogP contribution is -2.12. The van der Waals surface area contributed by atoms with Gasteiger partial charge in [-0.25, -0.2) is 19.3 Å². The van der Waals surface area contributed by atoms with Crippen molar-refractivity contribution < 1.29 is 17.6 Å². The molecular weight excluding hydrogens is 386 g/mol. The molecule has 0 radical (unpaired) electrons. The van der Waals surface area contributed by atoms with Crippen LogP contribution in [0.25, 0.3) is 11.3 Å². The van der Waals surface area contributed by atoms with E-state index in [1.54, 1.807) is 6.07 Å². The van der Waals surface area contributed by atoms with E-state index in [1.807, 2.05) is 30.3 Å². The number of anilines is 2. The van der Waals surface area contributed by atoms with Gasteiger partial charge in [-0.15, -0.1) is 0 Å². The Morgan fingerprint density at radius 1 is 0.931 bits per heavy atom. The number of aromatic nitrogens is 4. The minimum atomic E-state index is -4.64. The van der Waals surface area contributed by atoms with Crippen LogP contribution in [0.1, 0.15) is 17.1 Å². The van der Waals surface area contributed by atoms with Crippen LogP contribution in [0.15, 0.2) is 54.6 Å². The average molecular weight is 401 g/mol. The Kier molecular flexibility index (Phi) is 4.65. The SMILES string of the molecule is Cn1c(C(F)(F)F)nc2nc(Nc3ccccc3F)c(Cc3ccccc3)nc21. The van der Waals surface area contributed by atoms with Gasteiger partial charge >= 0.3 is 6.18 Å². The van der Waals surface area contributed by atoms with Crippen LogP contribution in [-0.2, 0) is 19.6 Å². The Balaban J connectivity index is 1.86. The number of hydrogen-bond donors (Lipinski definition) is 1. The summed E-state index contributed by atoms with van der Waals surface area (Å²) in [5, 5.41) is 2.84. The van der Waals surface area contributed by atoms with Gasteiger partial charge in [-0.2, -0.15) is 13.2 Å². The molecule has 9 heteroatoms. The normalized spacial score (nSPS) is 11.8. The summed E-state index contributed by atoms with van der Waals surface area (Å²) in [5.41, 5.74) is 1.24. The highest BCUT2D eigenvalue weighted by molar-refractivity contribution is 5.72. The summed E-state index contributed by atoms with van der Waals surface area (Å²) in [4.78, 5) is 12.2. The predicted molar refractivity (Wildman–Crippen MR) is 100 cm³/mol. The van der Waals surface area contributed by atoms with E-state index in [0.29, 0.717) is 12.1 Å². The zero-order valence-corrected chi connectivity index (χ0v) is 15.2. The molecule has 29 heavy (non-hydrogen) atoms. The molecule has 5 nitrogen and oxygen atoms in total. The van der Waals surface area contributed by atoms with E-state index in [0.717, 1.165) is 10.1 Å². The van der Waals surface area contributed by atoms with Crippen LogP contribution in [0.3, 0.4) is 0 Å². The van der Waals surface area contributed by atoms with Crippen LogP contribution >= 0.6 is 0 Å². The minimum Gasteiger partial charge on any atom is -0.336 e. The number of hydrogen-bond acceptors (Lipinski definition) is 4. The lowest BCUT2D eigenvalue weighted by atomic mass is 10.1. The second-order valence-electron chi connectivity index (χ2n) is 6.43.